The minimum Gasteiger partial charge on any atom is -0.389 e. The highest BCUT2D eigenvalue weighted by Gasteiger charge is 2.42. The van der Waals surface area contributed by atoms with Crippen molar-refractivity contribution >= 4 is 134 Å². The van der Waals surface area contributed by atoms with Gasteiger partial charge < -0.3 is 39.4 Å². The first-order chi connectivity index (χ1) is 25.2. The molecule has 8 nitrogen and oxygen atoms in total. The molecular weight excluding hydrogens is 989 g/mol. The first-order valence-electron chi connectivity index (χ1n) is 18.9. The molecule has 8 radical (unpaired) electrons. The van der Waals surface area contributed by atoms with E-state index in [1.54, 1.807) is 0 Å². The van der Waals surface area contributed by atoms with Crippen molar-refractivity contribution in [1.82, 2.24) is 0 Å². The molecule has 4 aliphatic heterocycles. The second-order valence-corrected chi connectivity index (χ2v) is 38.4. The summed E-state index contributed by atoms with van der Waals surface area (Å²) in [4.78, 5) is -0.140. The van der Waals surface area contributed by atoms with Crippen LogP contribution in [0.2, 0.25) is 0 Å². The lowest BCUT2D eigenvalue weighted by Gasteiger charge is -2.18. The number of halogens is 4. The summed E-state index contributed by atoms with van der Waals surface area (Å²) >= 11 is 11.3. The van der Waals surface area contributed by atoms with Crippen LogP contribution in [0, 0.1) is 0 Å². The van der Waals surface area contributed by atoms with Gasteiger partial charge >= 0.3 is 0 Å². The van der Waals surface area contributed by atoms with Gasteiger partial charge in [0.15, 0.2) is 0 Å². The van der Waals surface area contributed by atoms with E-state index in [0.29, 0.717) is 6.42 Å². The maximum atomic E-state index is 13.1. The zero-order valence-electron chi connectivity index (χ0n) is 34.8. The zero-order chi connectivity index (χ0) is 43.7. The molecule has 0 bridgehead atoms. The van der Waals surface area contributed by atoms with Crippen LogP contribution in [-0.2, 0) is 18.9 Å². The molecule has 0 unspecified atom stereocenters. The van der Waals surface area contributed by atoms with Crippen molar-refractivity contribution in [1.29, 1.82) is 0 Å². The topological polar surface area (TPSA) is 118 Å². The summed E-state index contributed by atoms with van der Waals surface area (Å²) in [5, 5.41) is 38.2. The van der Waals surface area contributed by atoms with Gasteiger partial charge in [-0.25, -0.2) is 4.39 Å². The normalized spacial score (nSPS) is 38.9. The van der Waals surface area contributed by atoms with Crippen LogP contribution in [0.15, 0.2) is 0 Å². The van der Waals surface area contributed by atoms with Crippen molar-refractivity contribution in [3.05, 3.63) is 0 Å². The van der Waals surface area contributed by atoms with E-state index in [2.05, 4.69) is 117 Å². The fraction of sp³-hybridized carbons (Fsp3) is 0.889. The van der Waals surface area contributed by atoms with E-state index in [4.69, 9.17) is 61.9 Å². The van der Waals surface area contributed by atoms with Crippen molar-refractivity contribution in [3.8, 4) is 0 Å². The Morgan fingerprint density at radius 1 is 0.554 bits per heavy atom. The zero-order valence-corrected chi connectivity index (χ0v) is 42.8. The fourth-order valence-corrected chi connectivity index (χ4v) is 11.0. The van der Waals surface area contributed by atoms with Crippen LogP contribution >= 0.6 is 77.7 Å². The van der Waals surface area contributed by atoms with E-state index >= 15 is 0 Å². The number of aliphatic hydroxyl groups is 4. The molecular formula is C36H68B4BrClFIO8P4. The molecule has 0 aromatic heterocycles. The van der Waals surface area contributed by atoms with E-state index < -0.39 is 81.6 Å². The van der Waals surface area contributed by atoms with Crippen LogP contribution < -0.4 is 0 Å². The molecule has 16 atom stereocenters. The number of aliphatic hydroxyl groups excluding tert-OH is 4. The van der Waals surface area contributed by atoms with Gasteiger partial charge in [0.2, 0.25) is 0 Å². The van der Waals surface area contributed by atoms with Gasteiger partial charge in [0, 0.05) is 18.0 Å². The molecule has 0 aromatic rings. The fourth-order valence-electron chi connectivity index (χ4n) is 5.89. The Kier molecular flexibility index (Phi) is 24.8. The monoisotopic (exact) mass is 1060 g/mol. The highest BCUT2D eigenvalue weighted by atomic mass is 127. The van der Waals surface area contributed by atoms with Crippen molar-refractivity contribution in [3.63, 3.8) is 0 Å². The predicted molar refractivity (Wildman–Crippen MR) is 268 cm³/mol. The van der Waals surface area contributed by atoms with Crippen LogP contribution in [0.25, 0.3) is 0 Å². The Labute approximate surface area is 372 Å². The summed E-state index contributed by atoms with van der Waals surface area (Å²) in [6, 6.07) is -2.22. The molecule has 0 amide bonds. The van der Waals surface area contributed by atoms with E-state index in [-0.39, 0.29) is 39.1 Å². The molecule has 0 saturated carbocycles. The quantitative estimate of drug-likeness (QED) is 0.101. The number of hydrogen-bond acceptors (Lipinski definition) is 8. The predicted octanol–water partition coefficient (Wildman–Crippen LogP) is 3.87. The van der Waals surface area contributed by atoms with Gasteiger partial charge in [0.1, 0.15) is 43.7 Å². The lowest BCUT2D eigenvalue weighted by Crippen LogP contribution is -2.29. The molecule has 0 spiro atoms. The number of hydrogen-bond donors (Lipinski definition) is 4. The third-order valence-corrected chi connectivity index (χ3v) is 18.4. The molecule has 20 heteroatoms. The number of rotatable bonds is 12. The Hall–Kier alpha value is 2.57. The first-order valence-corrected chi connectivity index (χ1v) is 33.7. The average molecular weight is 1060 g/mol. The van der Waals surface area contributed by atoms with Crippen molar-refractivity contribution in [2.75, 3.05) is 78.0 Å². The minimum absolute atomic E-state index is 0.0175. The third-order valence-electron chi connectivity index (χ3n) is 9.49. The molecule has 0 aliphatic carbocycles. The third kappa shape index (κ3) is 21.3. The summed E-state index contributed by atoms with van der Waals surface area (Å²) in [7, 11) is 22.3. The van der Waals surface area contributed by atoms with Gasteiger partial charge in [-0.3, -0.25) is 0 Å². The lowest BCUT2D eigenvalue weighted by atomic mass is 9.94. The molecule has 0 aromatic carbocycles. The molecule has 56 heavy (non-hydrogen) atoms. The summed E-state index contributed by atoms with van der Waals surface area (Å²) < 4.78 is 34.5. The maximum Gasteiger partial charge on any atom is 0.146 e. The maximum absolute atomic E-state index is 13.1. The molecule has 4 aliphatic rings. The van der Waals surface area contributed by atoms with Gasteiger partial charge in [-0.2, -0.15) is 0 Å². The number of ether oxygens (including phenoxy) is 4. The molecule has 4 N–H and O–H groups in total. The summed E-state index contributed by atoms with van der Waals surface area (Å²) in [6.45, 7) is 13.0. The highest BCUT2D eigenvalue weighted by molar-refractivity contribution is 14.1. The van der Waals surface area contributed by atoms with Crippen LogP contribution in [-0.4, -0.2) is 248 Å². The largest absolute Gasteiger partial charge is 0.389 e. The summed E-state index contributed by atoms with van der Waals surface area (Å²) in [5.41, 5.74) is 0. The molecule has 320 valence electrons. The van der Waals surface area contributed by atoms with Gasteiger partial charge in [-0.05, 0) is 104 Å². The van der Waals surface area contributed by atoms with Gasteiger partial charge in [-0.15, -0.1) is 64.3 Å². The summed E-state index contributed by atoms with van der Waals surface area (Å²) in [6.07, 6.45) is 18.5. The average Bonchev–Trinajstić information content (AvgIpc) is 3.66. The lowest BCUT2D eigenvalue weighted by molar-refractivity contribution is 0.0289. The van der Waals surface area contributed by atoms with Gasteiger partial charge in [-0.1, -0.05) is 38.5 Å². The molecule has 4 rings (SSSR count). The van der Waals surface area contributed by atoms with Crippen LogP contribution in [0.4, 0.5) is 4.39 Å². The molecule has 4 heterocycles. The second-order valence-electron chi connectivity index (χ2n) is 18.1. The number of alkyl halides is 4. The van der Waals surface area contributed by atoms with Crippen LogP contribution in [0.1, 0.15) is 25.7 Å². The highest BCUT2D eigenvalue weighted by Crippen LogP contribution is 2.41. The Morgan fingerprint density at radius 2 is 0.857 bits per heavy atom. The van der Waals surface area contributed by atoms with E-state index in [1.165, 1.54) is 0 Å². The van der Waals surface area contributed by atoms with Crippen LogP contribution in [0.3, 0.4) is 0 Å². The van der Waals surface area contributed by atoms with Gasteiger partial charge in [0.05, 0.1) is 62.9 Å². The van der Waals surface area contributed by atoms with Crippen molar-refractivity contribution < 1.29 is 43.8 Å². The SMILES string of the molecule is [B][C@@H]1O[C@H](CCP(=C)(C)C)[C@@H](O)[C@H]1Br.[B][C@@H]1O[C@H](CCP(=C)(C)C)[C@@H](O)[C@H]1Cl.[B][C@@H]1O[C@H](CCP(=C)(C)C)[C@@H](O)[C@H]1F.[B][C@@H]1O[C@H](CCP(=C)(C)C)[C@@H](O)[C@H]1I. The van der Waals surface area contributed by atoms with E-state index in [0.717, 1.165) is 43.9 Å². The standard InChI is InChI=1S/C9H17BBrO2P.C9H17BClO2P.C9H17BFO2P.C9H17BIO2P/c4*1-14(2,3)5-4-6-8(12)7(11)9(10)13-6/h4*6-9,12H,1,4-5H2,2-3H3/t4*6-,7-,8-,9-/m1111/s1. The Balaban J connectivity index is 0.000000373. The second kappa shape index (κ2) is 24.6. The Bertz CT molecular complexity index is 1180. The minimum atomic E-state index is -1.45. The summed E-state index contributed by atoms with van der Waals surface area (Å²) in [5.74, 6) is 0. The van der Waals surface area contributed by atoms with Crippen molar-refractivity contribution in [2.45, 2.75) is 119 Å². The first kappa shape index (κ1) is 56.6. The molecule has 4 fully saturated rings. The smallest absolute Gasteiger partial charge is 0.146 e. The molecule has 4 saturated heterocycles. The Morgan fingerprint density at radius 3 is 1.11 bits per heavy atom. The van der Waals surface area contributed by atoms with Crippen LogP contribution in [0.5, 0.6) is 0 Å². The van der Waals surface area contributed by atoms with Gasteiger partial charge in [0.25, 0.3) is 0 Å². The van der Waals surface area contributed by atoms with E-state index in [1.807, 2.05) is 0 Å². The van der Waals surface area contributed by atoms with Crippen molar-refractivity contribution in [2.24, 2.45) is 0 Å². The van der Waals surface area contributed by atoms with E-state index in [9.17, 15) is 24.8 Å².